The van der Waals surface area contributed by atoms with Crippen LogP contribution in [0.15, 0.2) is 23.1 Å². The van der Waals surface area contributed by atoms with E-state index in [9.17, 15) is 18.0 Å². The Balaban J connectivity index is 3.00. The van der Waals surface area contributed by atoms with Gasteiger partial charge in [-0.3, -0.25) is 4.79 Å². The monoisotopic (exact) mass is 345 g/mol. The average Bonchev–Trinajstić information content (AvgIpc) is 2.51. The number of carbonyl (C=O) groups is 2. The van der Waals surface area contributed by atoms with Crippen molar-refractivity contribution in [3.05, 3.63) is 23.8 Å². The molecule has 0 bridgehead atoms. The number of carboxylic acids is 1. The molecule has 0 atom stereocenters. The van der Waals surface area contributed by atoms with E-state index < -0.39 is 22.0 Å². The first kappa shape index (κ1) is 18.9. The minimum Gasteiger partial charge on any atom is -0.495 e. The smallest absolute Gasteiger partial charge is 0.338 e. The van der Waals surface area contributed by atoms with Crippen LogP contribution in [0.1, 0.15) is 30.1 Å². The Bertz CT molecular complexity index is 670. The lowest BCUT2D eigenvalue weighted by molar-refractivity contribution is -0.137. The maximum atomic E-state index is 12.3. The lowest BCUT2D eigenvalue weighted by Crippen LogP contribution is -2.26. The van der Waals surface area contributed by atoms with Gasteiger partial charge in [0.25, 0.3) is 0 Å². The molecule has 0 fully saturated rings. The fraction of sp³-hybridized carbons (Fsp3) is 0.429. The molecule has 1 aromatic rings. The van der Waals surface area contributed by atoms with Gasteiger partial charge in [0.05, 0.1) is 19.3 Å². The van der Waals surface area contributed by atoms with E-state index in [1.165, 1.54) is 19.2 Å². The molecule has 0 amide bonds. The van der Waals surface area contributed by atoms with E-state index in [0.717, 1.165) is 6.07 Å². The number of methoxy groups -OCH3 is 1. The van der Waals surface area contributed by atoms with Crippen molar-refractivity contribution in [3.8, 4) is 5.75 Å². The van der Waals surface area contributed by atoms with Crippen LogP contribution in [0, 0.1) is 0 Å². The third-order valence-electron chi connectivity index (χ3n) is 2.82. The van der Waals surface area contributed by atoms with Crippen LogP contribution in [0.5, 0.6) is 5.75 Å². The first-order valence-electron chi connectivity index (χ1n) is 6.88. The molecule has 0 saturated carbocycles. The molecule has 0 radical (unpaired) electrons. The Kier molecular flexibility index (Phi) is 6.98. The van der Waals surface area contributed by atoms with Gasteiger partial charge in [-0.1, -0.05) is 0 Å². The fourth-order valence-electron chi connectivity index (χ4n) is 1.75. The molecule has 0 aromatic heterocycles. The normalized spacial score (nSPS) is 11.0. The number of hydrogen-bond donors (Lipinski definition) is 2. The maximum absolute atomic E-state index is 12.3. The number of hydrogen-bond acceptors (Lipinski definition) is 6. The summed E-state index contributed by atoms with van der Waals surface area (Å²) >= 11 is 0. The van der Waals surface area contributed by atoms with Gasteiger partial charge in [-0.05, 0) is 31.5 Å². The summed E-state index contributed by atoms with van der Waals surface area (Å²) in [6.07, 6.45) is -0.00301. The maximum Gasteiger partial charge on any atom is 0.338 e. The predicted octanol–water partition coefficient (Wildman–Crippen LogP) is 1.01. The minimum absolute atomic E-state index is 0.0403. The van der Waals surface area contributed by atoms with Gasteiger partial charge in [0.15, 0.2) is 0 Å². The Labute approximate surface area is 134 Å². The van der Waals surface area contributed by atoms with Gasteiger partial charge >= 0.3 is 11.9 Å². The third kappa shape index (κ3) is 5.53. The first-order valence-corrected chi connectivity index (χ1v) is 8.36. The number of ether oxygens (including phenoxy) is 2. The van der Waals surface area contributed by atoms with Gasteiger partial charge in [-0.25, -0.2) is 17.9 Å². The van der Waals surface area contributed by atoms with Gasteiger partial charge in [0, 0.05) is 13.0 Å². The van der Waals surface area contributed by atoms with E-state index in [2.05, 4.69) is 4.72 Å². The molecule has 0 saturated heterocycles. The second kappa shape index (κ2) is 8.49. The third-order valence-corrected chi connectivity index (χ3v) is 4.31. The number of sulfonamides is 1. The lowest BCUT2D eigenvalue weighted by atomic mass is 10.2. The van der Waals surface area contributed by atoms with Crippen LogP contribution in [-0.4, -0.2) is 45.7 Å². The summed E-state index contributed by atoms with van der Waals surface area (Å²) in [5.74, 6) is -1.58. The van der Waals surface area contributed by atoms with Crippen LogP contribution in [0.3, 0.4) is 0 Å². The highest BCUT2D eigenvalue weighted by atomic mass is 32.2. The van der Waals surface area contributed by atoms with Crippen molar-refractivity contribution in [1.82, 2.24) is 4.72 Å². The van der Waals surface area contributed by atoms with Crippen LogP contribution < -0.4 is 9.46 Å². The van der Waals surface area contributed by atoms with Gasteiger partial charge in [0.1, 0.15) is 10.6 Å². The summed E-state index contributed by atoms with van der Waals surface area (Å²) in [4.78, 5) is 21.9. The molecule has 1 rings (SSSR count). The number of benzene rings is 1. The van der Waals surface area contributed by atoms with E-state index in [0.29, 0.717) is 0 Å². The number of carboxylic acid groups (broad SMARTS) is 1. The van der Waals surface area contributed by atoms with Crippen LogP contribution >= 0.6 is 0 Å². The molecule has 1 aromatic carbocycles. The summed E-state index contributed by atoms with van der Waals surface area (Å²) in [5, 5.41) is 8.54. The van der Waals surface area contributed by atoms with Crippen molar-refractivity contribution in [2.45, 2.75) is 24.7 Å². The van der Waals surface area contributed by atoms with E-state index >= 15 is 0 Å². The van der Waals surface area contributed by atoms with Crippen molar-refractivity contribution >= 4 is 22.0 Å². The molecule has 8 nitrogen and oxygen atoms in total. The average molecular weight is 345 g/mol. The molecule has 0 unspecified atom stereocenters. The fourth-order valence-corrected chi connectivity index (χ4v) is 3.02. The van der Waals surface area contributed by atoms with Gasteiger partial charge < -0.3 is 14.6 Å². The Morgan fingerprint density at radius 2 is 2.00 bits per heavy atom. The summed E-state index contributed by atoms with van der Waals surface area (Å²) in [7, 11) is -2.64. The van der Waals surface area contributed by atoms with Crippen molar-refractivity contribution in [1.29, 1.82) is 0 Å². The molecule has 0 aliphatic heterocycles. The van der Waals surface area contributed by atoms with E-state index in [-0.39, 0.29) is 42.2 Å². The predicted molar refractivity (Wildman–Crippen MR) is 81.0 cm³/mol. The zero-order chi connectivity index (χ0) is 17.5. The Hall–Kier alpha value is -2.13. The van der Waals surface area contributed by atoms with Gasteiger partial charge in [-0.15, -0.1) is 0 Å². The summed E-state index contributed by atoms with van der Waals surface area (Å²) in [5.41, 5.74) is 0.0820. The number of carbonyl (C=O) groups excluding carboxylic acids is 1. The van der Waals surface area contributed by atoms with E-state index in [1.54, 1.807) is 6.92 Å². The number of rotatable bonds is 9. The van der Waals surface area contributed by atoms with Crippen molar-refractivity contribution in [3.63, 3.8) is 0 Å². The summed E-state index contributed by atoms with van der Waals surface area (Å²) < 4.78 is 36.7. The zero-order valence-electron chi connectivity index (χ0n) is 12.9. The highest BCUT2D eigenvalue weighted by Gasteiger charge is 2.21. The van der Waals surface area contributed by atoms with Crippen molar-refractivity contribution in [2.24, 2.45) is 0 Å². The Morgan fingerprint density at radius 3 is 2.57 bits per heavy atom. The van der Waals surface area contributed by atoms with Crippen LogP contribution in [0.4, 0.5) is 0 Å². The second-order valence-corrected chi connectivity index (χ2v) is 6.22. The second-order valence-electron chi connectivity index (χ2n) is 4.48. The molecule has 0 heterocycles. The molecular weight excluding hydrogens is 326 g/mol. The number of nitrogens with one attached hydrogen (secondary N) is 1. The van der Waals surface area contributed by atoms with E-state index in [4.69, 9.17) is 14.6 Å². The molecule has 2 N–H and O–H groups in total. The molecule has 0 spiro atoms. The summed E-state index contributed by atoms with van der Waals surface area (Å²) in [6.45, 7) is 1.77. The van der Waals surface area contributed by atoms with Gasteiger partial charge in [-0.2, -0.15) is 0 Å². The number of aliphatic carboxylic acids is 1. The van der Waals surface area contributed by atoms with Crippen LogP contribution in [0.25, 0.3) is 0 Å². The van der Waals surface area contributed by atoms with E-state index in [1.807, 2.05) is 0 Å². The van der Waals surface area contributed by atoms with Crippen LogP contribution in [-0.2, 0) is 19.6 Å². The van der Waals surface area contributed by atoms with Gasteiger partial charge in [0.2, 0.25) is 10.0 Å². The highest BCUT2D eigenvalue weighted by Crippen LogP contribution is 2.25. The van der Waals surface area contributed by atoms with Crippen molar-refractivity contribution in [2.75, 3.05) is 20.3 Å². The largest absolute Gasteiger partial charge is 0.495 e. The SMILES string of the molecule is CCOC(=O)c1ccc(OC)c(S(=O)(=O)NCCCC(=O)O)c1. The molecular formula is C14H19NO7S. The number of esters is 1. The molecule has 0 aliphatic carbocycles. The lowest BCUT2D eigenvalue weighted by Gasteiger charge is -2.12. The first-order chi connectivity index (χ1) is 10.8. The molecule has 0 aliphatic rings. The highest BCUT2D eigenvalue weighted by molar-refractivity contribution is 7.89. The minimum atomic E-state index is -3.95. The quantitative estimate of drug-likeness (QED) is 0.506. The van der Waals surface area contributed by atoms with Crippen molar-refractivity contribution < 1.29 is 32.6 Å². The van der Waals surface area contributed by atoms with Crippen LogP contribution in [0.2, 0.25) is 0 Å². The molecule has 9 heteroatoms. The standard InChI is InChI=1S/C14H19NO7S/c1-3-22-14(18)10-6-7-11(21-2)12(9-10)23(19,20)15-8-4-5-13(16)17/h6-7,9,15H,3-5,8H2,1-2H3,(H,16,17). The Morgan fingerprint density at radius 1 is 1.30 bits per heavy atom. The topological polar surface area (TPSA) is 119 Å². The molecule has 128 valence electrons. The zero-order valence-corrected chi connectivity index (χ0v) is 13.7. The molecule has 23 heavy (non-hydrogen) atoms. The summed E-state index contributed by atoms with van der Waals surface area (Å²) in [6, 6.07) is 3.93.